The van der Waals surface area contributed by atoms with E-state index in [0.29, 0.717) is 5.82 Å². The molecule has 0 radical (unpaired) electrons. The highest BCUT2D eigenvalue weighted by molar-refractivity contribution is 5.90. The maximum atomic E-state index is 12.9. The van der Waals surface area contributed by atoms with Crippen LogP contribution in [0.25, 0.3) is 5.69 Å². The topological polar surface area (TPSA) is 106 Å². The van der Waals surface area contributed by atoms with Gasteiger partial charge in [-0.15, -0.1) is 5.10 Å². The summed E-state index contributed by atoms with van der Waals surface area (Å²) in [6.07, 6.45) is 3.51. The van der Waals surface area contributed by atoms with Crippen LogP contribution >= 0.6 is 0 Å². The second-order valence-corrected chi connectivity index (χ2v) is 6.61. The van der Waals surface area contributed by atoms with Crippen molar-refractivity contribution in [1.29, 1.82) is 0 Å². The van der Waals surface area contributed by atoms with E-state index in [9.17, 15) is 9.59 Å². The molecule has 1 saturated heterocycles. The fourth-order valence-electron chi connectivity index (χ4n) is 3.49. The first-order valence-corrected chi connectivity index (χ1v) is 8.91. The van der Waals surface area contributed by atoms with Crippen LogP contribution in [0.5, 0.6) is 0 Å². The number of nitrogens with zero attached hydrogens (tertiary/aromatic N) is 6. The number of pyridine rings is 1. The lowest BCUT2D eigenvalue weighted by molar-refractivity contribution is -0.128. The lowest BCUT2D eigenvalue weighted by Gasteiger charge is -2.24. The van der Waals surface area contributed by atoms with Crippen LogP contribution in [0.4, 0.5) is 0 Å². The second-order valence-electron chi connectivity index (χ2n) is 6.61. The largest absolute Gasteiger partial charge is 0.348 e. The molecule has 142 valence electrons. The van der Waals surface area contributed by atoms with Crippen molar-refractivity contribution in [1.82, 2.24) is 35.4 Å². The number of carbonyl (C=O) groups excluding carboxylic acids is 2. The van der Waals surface area contributed by atoms with Gasteiger partial charge in [-0.3, -0.25) is 14.6 Å². The highest BCUT2D eigenvalue weighted by atomic mass is 16.2. The van der Waals surface area contributed by atoms with Crippen LogP contribution in [-0.2, 0) is 16.1 Å². The molecular formula is C19H19N7O2. The minimum absolute atomic E-state index is 0.0666. The Morgan fingerprint density at radius 2 is 2.04 bits per heavy atom. The van der Waals surface area contributed by atoms with Crippen LogP contribution < -0.4 is 5.32 Å². The highest BCUT2D eigenvalue weighted by Crippen LogP contribution is 2.36. The number of amides is 2. The quantitative estimate of drug-likeness (QED) is 0.708. The second kappa shape index (κ2) is 7.55. The van der Waals surface area contributed by atoms with Gasteiger partial charge in [0.1, 0.15) is 0 Å². The summed E-state index contributed by atoms with van der Waals surface area (Å²) < 4.78 is 1.57. The number of hydrogen-bond acceptors (Lipinski definition) is 6. The number of benzene rings is 1. The molecule has 2 atom stereocenters. The van der Waals surface area contributed by atoms with Crippen molar-refractivity contribution in [3.63, 3.8) is 0 Å². The maximum Gasteiger partial charge on any atom is 0.226 e. The lowest BCUT2D eigenvalue weighted by atomic mass is 9.94. The Kier molecular flexibility index (Phi) is 4.79. The van der Waals surface area contributed by atoms with E-state index < -0.39 is 5.92 Å². The number of hydrogen-bond donors (Lipinski definition) is 1. The number of aromatic nitrogens is 5. The summed E-state index contributed by atoms with van der Waals surface area (Å²) in [5.41, 5.74) is 1.64. The molecule has 3 heterocycles. The molecule has 0 saturated carbocycles. The third kappa shape index (κ3) is 3.34. The molecule has 0 unspecified atom stereocenters. The lowest BCUT2D eigenvalue weighted by Crippen LogP contribution is -2.34. The minimum Gasteiger partial charge on any atom is -0.348 e. The third-order valence-corrected chi connectivity index (χ3v) is 4.90. The van der Waals surface area contributed by atoms with Gasteiger partial charge in [-0.25, -0.2) is 0 Å². The van der Waals surface area contributed by atoms with Gasteiger partial charge >= 0.3 is 0 Å². The van der Waals surface area contributed by atoms with Gasteiger partial charge in [0.15, 0.2) is 5.82 Å². The van der Waals surface area contributed by atoms with Crippen LogP contribution in [0.3, 0.4) is 0 Å². The molecule has 1 fully saturated rings. The molecule has 9 heteroatoms. The van der Waals surface area contributed by atoms with Crippen LogP contribution in [0.2, 0.25) is 0 Å². The molecule has 28 heavy (non-hydrogen) atoms. The molecule has 9 nitrogen and oxygen atoms in total. The fourth-order valence-corrected chi connectivity index (χ4v) is 3.49. The maximum absolute atomic E-state index is 12.9. The van der Waals surface area contributed by atoms with Gasteiger partial charge in [0, 0.05) is 25.9 Å². The molecule has 2 amide bonds. The number of rotatable bonds is 5. The smallest absolute Gasteiger partial charge is 0.226 e. The van der Waals surface area contributed by atoms with Crippen molar-refractivity contribution in [2.24, 2.45) is 5.92 Å². The van der Waals surface area contributed by atoms with Gasteiger partial charge in [0.05, 0.1) is 24.2 Å². The Bertz CT molecular complexity index is 974. The Morgan fingerprint density at radius 3 is 2.79 bits per heavy atom. The van der Waals surface area contributed by atoms with Crippen LogP contribution in [-0.4, -0.2) is 49.0 Å². The fraction of sp³-hybridized carbons (Fsp3) is 0.263. The monoisotopic (exact) mass is 377 g/mol. The Labute approximate surface area is 161 Å². The molecule has 1 aliphatic rings. The first-order chi connectivity index (χ1) is 13.6. The summed E-state index contributed by atoms with van der Waals surface area (Å²) in [7, 11) is 1.71. The van der Waals surface area contributed by atoms with E-state index in [2.05, 4.69) is 25.8 Å². The Balaban J connectivity index is 1.50. The SMILES string of the molecule is CN1C(=O)C[C@H](C(=O)NCc2nnnn2-c2ccccc2)[C@H]1c1cccnc1. The zero-order chi connectivity index (χ0) is 19.5. The van der Waals surface area contributed by atoms with Crippen molar-refractivity contribution in [3.8, 4) is 5.69 Å². The van der Waals surface area contributed by atoms with Crippen molar-refractivity contribution < 1.29 is 9.59 Å². The van der Waals surface area contributed by atoms with Gasteiger partial charge in [0.2, 0.25) is 11.8 Å². The van der Waals surface area contributed by atoms with Gasteiger partial charge in [0.25, 0.3) is 0 Å². The molecular weight excluding hydrogens is 358 g/mol. The summed E-state index contributed by atoms with van der Waals surface area (Å²) in [6, 6.07) is 12.8. The van der Waals surface area contributed by atoms with E-state index in [-0.39, 0.29) is 30.8 Å². The number of nitrogens with one attached hydrogen (secondary N) is 1. The zero-order valence-electron chi connectivity index (χ0n) is 15.3. The van der Waals surface area contributed by atoms with E-state index in [1.54, 1.807) is 35.1 Å². The molecule has 0 aliphatic carbocycles. The van der Waals surface area contributed by atoms with Gasteiger partial charge in [-0.2, -0.15) is 4.68 Å². The number of para-hydroxylation sites is 1. The van der Waals surface area contributed by atoms with E-state index in [1.165, 1.54) is 0 Å². The summed E-state index contributed by atoms with van der Waals surface area (Å²) >= 11 is 0. The molecule has 3 aromatic rings. The first kappa shape index (κ1) is 17.8. The first-order valence-electron chi connectivity index (χ1n) is 8.91. The molecule has 1 N–H and O–H groups in total. The van der Waals surface area contributed by atoms with Crippen LogP contribution in [0, 0.1) is 5.92 Å². The summed E-state index contributed by atoms with van der Waals surface area (Å²) in [6.45, 7) is 0.162. The Hall–Kier alpha value is -3.62. The summed E-state index contributed by atoms with van der Waals surface area (Å²) in [5, 5.41) is 14.6. The number of tetrazole rings is 1. The zero-order valence-corrected chi connectivity index (χ0v) is 15.3. The van der Waals surface area contributed by atoms with Crippen molar-refractivity contribution >= 4 is 11.8 Å². The summed E-state index contributed by atoms with van der Waals surface area (Å²) in [5.74, 6) is -0.268. The van der Waals surface area contributed by atoms with Crippen LogP contribution in [0.15, 0.2) is 54.9 Å². The summed E-state index contributed by atoms with van der Waals surface area (Å²) in [4.78, 5) is 30.8. The van der Waals surface area contributed by atoms with Gasteiger partial charge in [-0.05, 0) is 34.2 Å². The molecule has 1 aliphatic heterocycles. The van der Waals surface area contributed by atoms with E-state index >= 15 is 0 Å². The predicted octanol–water partition coefficient (Wildman–Crippen LogP) is 0.893. The van der Waals surface area contributed by atoms with Crippen LogP contribution in [0.1, 0.15) is 23.9 Å². The predicted molar refractivity (Wildman–Crippen MR) is 98.9 cm³/mol. The molecule has 1 aromatic carbocycles. The normalized spacial score (nSPS) is 19.0. The number of carbonyl (C=O) groups is 2. The van der Waals surface area contributed by atoms with E-state index in [0.717, 1.165) is 11.3 Å². The van der Waals surface area contributed by atoms with Crippen molar-refractivity contribution in [3.05, 3.63) is 66.2 Å². The minimum atomic E-state index is -0.497. The standard InChI is InChI=1S/C19H19N7O2/c1-25-17(27)10-15(18(25)13-6-5-9-20-11-13)19(28)21-12-16-22-23-24-26(16)14-7-3-2-4-8-14/h2-9,11,15,18H,10,12H2,1H3,(H,21,28)/t15-,18+/m0/s1. The highest BCUT2D eigenvalue weighted by Gasteiger charge is 2.42. The third-order valence-electron chi connectivity index (χ3n) is 4.90. The average molecular weight is 377 g/mol. The molecule has 0 bridgehead atoms. The van der Waals surface area contributed by atoms with E-state index in [4.69, 9.17) is 0 Å². The average Bonchev–Trinajstić information content (AvgIpc) is 3.32. The van der Waals surface area contributed by atoms with Crippen molar-refractivity contribution in [2.45, 2.75) is 19.0 Å². The Morgan fingerprint density at radius 1 is 1.21 bits per heavy atom. The number of likely N-dealkylation sites (tertiary alicyclic amines) is 1. The van der Waals surface area contributed by atoms with E-state index in [1.807, 2.05) is 36.4 Å². The van der Waals surface area contributed by atoms with Gasteiger partial charge < -0.3 is 10.2 Å². The van der Waals surface area contributed by atoms with Gasteiger partial charge in [-0.1, -0.05) is 24.3 Å². The molecule has 2 aromatic heterocycles. The molecule has 0 spiro atoms. The molecule has 4 rings (SSSR count). The van der Waals surface area contributed by atoms with Crippen molar-refractivity contribution in [2.75, 3.05) is 7.05 Å².